The third-order valence-electron chi connectivity index (χ3n) is 4.56. The minimum atomic E-state index is -0.181. The summed E-state index contributed by atoms with van der Waals surface area (Å²) in [5.74, 6) is 0.985. The van der Waals surface area contributed by atoms with Gasteiger partial charge in [0, 0.05) is 18.7 Å². The SMILES string of the molecule is O=C(CCCN1C(=O)/C(=C/c2ccc3c(c2)OCO3)SC1=S)Nc1ccc(Cl)c(Cl)c1. The summed E-state index contributed by atoms with van der Waals surface area (Å²) in [6.07, 6.45) is 2.48. The smallest absolute Gasteiger partial charge is 0.266 e. The van der Waals surface area contributed by atoms with Crippen LogP contribution in [0.4, 0.5) is 5.69 Å². The van der Waals surface area contributed by atoms with Crippen LogP contribution in [0.1, 0.15) is 18.4 Å². The van der Waals surface area contributed by atoms with Crippen LogP contribution in [0.3, 0.4) is 0 Å². The van der Waals surface area contributed by atoms with Crippen molar-refractivity contribution in [3.63, 3.8) is 0 Å². The predicted octanol–water partition coefficient (Wildman–Crippen LogP) is 5.34. The first-order chi connectivity index (χ1) is 14.9. The summed E-state index contributed by atoms with van der Waals surface area (Å²) in [6.45, 7) is 0.553. The van der Waals surface area contributed by atoms with Gasteiger partial charge in [-0.25, -0.2) is 0 Å². The normalized spacial score (nSPS) is 16.3. The lowest BCUT2D eigenvalue weighted by Crippen LogP contribution is -2.29. The van der Waals surface area contributed by atoms with Crippen LogP contribution in [0.5, 0.6) is 11.5 Å². The van der Waals surface area contributed by atoms with Gasteiger partial charge >= 0.3 is 0 Å². The zero-order chi connectivity index (χ0) is 22.0. The van der Waals surface area contributed by atoms with Crippen molar-refractivity contribution in [1.29, 1.82) is 0 Å². The van der Waals surface area contributed by atoms with Crippen molar-refractivity contribution in [2.75, 3.05) is 18.7 Å². The number of benzene rings is 2. The van der Waals surface area contributed by atoms with Crippen molar-refractivity contribution < 1.29 is 19.1 Å². The average Bonchev–Trinajstić information content (AvgIpc) is 3.30. The van der Waals surface area contributed by atoms with E-state index >= 15 is 0 Å². The summed E-state index contributed by atoms with van der Waals surface area (Å²) in [6, 6.07) is 10.4. The second kappa shape index (κ2) is 9.48. The summed E-state index contributed by atoms with van der Waals surface area (Å²) in [5.41, 5.74) is 1.39. The first-order valence-electron chi connectivity index (χ1n) is 9.30. The van der Waals surface area contributed by atoms with Gasteiger partial charge in [-0.2, -0.15) is 0 Å². The van der Waals surface area contributed by atoms with E-state index in [-0.39, 0.29) is 25.0 Å². The molecule has 0 spiro atoms. The molecule has 0 aromatic heterocycles. The number of nitrogens with zero attached hydrogens (tertiary/aromatic N) is 1. The van der Waals surface area contributed by atoms with Crippen molar-refractivity contribution in [3.8, 4) is 11.5 Å². The Bertz CT molecular complexity index is 1110. The van der Waals surface area contributed by atoms with Crippen LogP contribution in [0.15, 0.2) is 41.3 Å². The number of carbonyl (C=O) groups excluding carboxylic acids is 2. The Labute approximate surface area is 198 Å². The maximum absolute atomic E-state index is 12.8. The van der Waals surface area contributed by atoms with Crippen LogP contribution in [0, 0.1) is 0 Å². The third kappa shape index (κ3) is 5.15. The highest BCUT2D eigenvalue weighted by Crippen LogP contribution is 2.36. The summed E-state index contributed by atoms with van der Waals surface area (Å²) in [7, 11) is 0. The highest BCUT2D eigenvalue weighted by molar-refractivity contribution is 8.26. The van der Waals surface area contributed by atoms with Crippen LogP contribution in [-0.2, 0) is 9.59 Å². The fraction of sp³-hybridized carbons (Fsp3) is 0.190. The van der Waals surface area contributed by atoms with E-state index in [0.717, 1.165) is 5.56 Å². The van der Waals surface area contributed by atoms with Crippen molar-refractivity contribution in [2.45, 2.75) is 12.8 Å². The van der Waals surface area contributed by atoms with Gasteiger partial charge in [0.25, 0.3) is 5.91 Å². The molecule has 0 atom stereocenters. The maximum Gasteiger partial charge on any atom is 0.266 e. The number of amides is 2. The average molecular weight is 495 g/mol. The number of fused-ring (bicyclic) bond motifs is 1. The van der Waals surface area contributed by atoms with Gasteiger partial charge in [0.2, 0.25) is 12.7 Å². The Hall–Kier alpha value is -2.26. The molecule has 2 aliphatic rings. The minimum absolute atomic E-state index is 0.169. The first kappa shape index (κ1) is 22.0. The number of halogens is 2. The van der Waals surface area contributed by atoms with Crippen LogP contribution in [0.2, 0.25) is 10.0 Å². The summed E-state index contributed by atoms with van der Waals surface area (Å²) in [5, 5.41) is 3.55. The van der Waals surface area contributed by atoms with E-state index in [1.54, 1.807) is 30.3 Å². The maximum atomic E-state index is 12.8. The first-order valence-corrected chi connectivity index (χ1v) is 11.3. The van der Waals surface area contributed by atoms with Gasteiger partial charge < -0.3 is 14.8 Å². The fourth-order valence-electron chi connectivity index (χ4n) is 3.04. The molecule has 1 fully saturated rings. The lowest BCUT2D eigenvalue weighted by atomic mass is 10.2. The molecule has 2 heterocycles. The summed E-state index contributed by atoms with van der Waals surface area (Å²) >= 11 is 18.4. The monoisotopic (exact) mass is 494 g/mol. The van der Waals surface area contributed by atoms with Gasteiger partial charge in [-0.05, 0) is 48.4 Å². The number of anilines is 1. The number of carbonyl (C=O) groups is 2. The molecule has 0 aliphatic carbocycles. The van der Waals surface area contributed by atoms with Crippen molar-refractivity contribution >= 4 is 75.1 Å². The molecule has 4 rings (SSSR count). The molecule has 2 aliphatic heterocycles. The van der Waals surface area contributed by atoms with Gasteiger partial charge in [-0.3, -0.25) is 14.5 Å². The van der Waals surface area contributed by atoms with E-state index in [1.807, 2.05) is 12.1 Å². The standard InChI is InChI=1S/C21H16Cl2N2O4S2/c22-14-5-4-13(10-15(14)23)24-19(26)2-1-7-25-20(27)18(31-21(25)30)9-12-3-6-16-17(8-12)29-11-28-16/h3-6,8-10H,1-2,7,11H2,(H,24,26)/b18-9-. The molecule has 0 saturated carbocycles. The van der Waals surface area contributed by atoms with Crippen LogP contribution in [-0.4, -0.2) is 34.4 Å². The molecule has 0 unspecified atom stereocenters. The van der Waals surface area contributed by atoms with Crippen LogP contribution < -0.4 is 14.8 Å². The molecule has 6 nitrogen and oxygen atoms in total. The number of hydrogen-bond acceptors (Lipinski definition) is 6. The van der Waals surface area contributed by atoms with Gasteiger partial charge in [0.15, 0.2) is 11.5 Å². The molecular weight excluding hydrogens is 479 g/mol. The van der Waals surface area contributed by atoms with E-state index < -0.39 is 0 Å². The molecule has 160 valence electrons. The molecule has 2 amide bonds. The van der Waals surface area contributed by atoms with Crippen molar-refractivity contribution in [1.82, 2.24) is 4.90 Å². The van der Waals surface area contributed by atoms with Crippen molar-refractivity contribution in [2.24, 2.45) is 0 Å². The van der Waals surface area contributed by atoms with Crippen LogP contribution in [0.25, 0.3) is 6.08 Å². The number of hydrogen-bond donors (Lipinski definition) is 1. The number of thioether (sulfide) groups is 1. The molecule has 31 heavy (non-hydrogen) atoms. The van der Waals surface area contributed by atoms with Gasteiger partial charge in [0.1, 0.15) is 4.32 Å². The quantitative estimate of drug-likeness (QED) is 0.431. The Morgan fingerprint density at radius 1 is 1.16 bits per heavy atom. The Kier molecular flexibility index (Phi) is 6.71. The zero-order valence-electron chi connectivity index (χ0n) is 16.0. The van der Waals surface area contributed by atoms with E-state index in [0.29, 0.717) is 49.4 Å². The van der Waals surface area contributed by atoms with Crippen LogP contribution >= 0.6 is 47.2 Å². The molecular formula is C21H16Cl2N2O4S2. The molecule has 0 bridgehead atoms. The van der Waals surface area contributed by atoms with Gasteiger partial charge in [-0.15, -0.1) is 0 Å². The second-order valence-corrected chi connectivity index (χ2v) is 9.22. The van der Waals surface area contributed by atoms with E-state index in [9.17, 15) is 9.59 Å². The number of ether oxygens (including phenoxy) is 2. The van der Waals surface area contributed by atoms with Gasteiger partial charge in [0.05, 0.1) is 15.0 Å². The topological polar surface area (TPSA) is 67.9 Å². The van der Waals surface area contributed by atoms with Gasteiger partial charge in [-0.1, -0.05) is 53.2 Å². The second-order valence-electron chi connectivity index (χ2n) is 6.73. The minimum Gasteiger partial charge on any atom is -0.454 e. The largest absolute Gasteiger partial charge is 0.454 e. The Balaban J connectivity index is 1.32. The lowest BCUT2D eigenvalue weighted by molar-refractivity contribution is -0.122. The molecule has 0 radical (unpaired) electrons. The Morgan fingerprint density at radius 3 is 2.77 bits per heavy atom. The zero-order valence-corrected chi connectivity index (χ0v) is 19.2. The highest BCUT2D eigenvalue weighted by atomic mass is 35.5. The number of rotatable bonds is 6. The van der Waals surface area contributed by atoms with E-state index in [1.165, 1.54) is 16.7 Å². The molecule has 2 aromatic carbocycles. The van der Waals surface area contributed by atoms with Crippen molar-refractivity contribution in [3.05, 3.63) is 56.9 Å². The molecule has 1 N–H and O–H groups in total. The summed E-state index contributed by atoms with van der Waals surface area (Å²) < 4.78 is 11.1. The highest BCUT2D eigenvalue weighted by Gasteiger charge is 2.31. The summed E-state index contributed by atoms with van der Waals surface area (Å²) in [4.78, 5) is 27.0. The number of nitrogens with one attached hydrogen (secondary N) is 1. The lowest BCUT2D eigenvalue weighted by Gasteiger charge is -2.14. The predicted molar refractivity (Wildman–Crippen MR) is 127 cm³/mol. The number of thiocarbonyl (C=S) groups is 1. The molecule has 1 saturated heterocycles. The molecule has 10 heteroatoms. The third-order valence-corrected chi connectivity index (χ3v) is 6.67. The van der Waals surface area contributed by atoms with E-state index in [4.69, 9.17) is 44.9 Å². The fourth-order valence-corrected chi connectivity index (χ4v) is 4.65. The van der Waals surface area contributed by atoms with E-state index in [2.05, 4.69) is 5.32 Å². The Morgan fingerprint density at radius 2 is 1.97 bits per heavy atom. The molecule has 2 aromatic rings.